The number of anilines is 1. The number of hydrogen-bond acceptors (Lipinski definition) is 4. The van der Waals surface area contributed by atoms with Crippen LogP contribution in [0, 0.1) is 20.8 Å². The molecule has 1 saturated heterocycles. The molecule has 1 aromatic heterocycles. The molecule has 0 aliphatic carbocycles. The monoisotopic (exact) mass is 409 g/mol. The van der Waals surface area contributed by atoms with Gasteiger partial charge in [-0.1, -0.05) is 19.1 Å². The van der Waals surface area contributed by atoms with E-state index >= 15 is 0 Å². The summed E-state index contributed by atoms with van der Waals surface area (Å²) in [5.74, 6) is 0.0514. The molecular weight excluding hydrogens is 377 g/mol. The molecule has 1 N–H and O–H groups in total. The molecule has 160 valence electrons. The van der Waals surface area contributed by atoms with Gasteiger partial charge in [0.25, 0.3) is 0 Å². The van der Waals surface area contributed by atoms with E-state index in [9.17, 15) is 4.39 Å². The van der Waals surface area contributed by atoms with Crippen LogP contribution in [0.4, 0.5) is 10.1 Å². The first-order valence-electron chi connectivity index (χ1n) is 10.6. The summed E-state index contributed by atoms with van der Waals surface area (Å²) < 4.78 is 16.2. The molecule has 0 saturated carbocycles. The fourth-order valence-corrected chi connectivity index (χ4v) is 3.83. The molecule has 1 fully saturated rings. The van der Waals surface area contributed by atoms with Gasteiger partial charge in [0.1, 0.15) is 5.82 Å². The summed E-state index contributed by atoms with van der Waals surface area (Å²) in [7, 11) is 0. The average molecular weight is 410 g/mol. The van der Waals surface area contributed by atoms with Gasteiger partial charge < -0.3 is 5.32 Å². The lowest BCUT2D eigenvalue weighted by molar-refractivity contribution is 0.220. The average Bonchev–Trinajstić information content (AvgIpc) is 3.05. The number of aliphatic imine (C=N–C) groups is 1. The lowest BCUT2D eigenvalue weighted by atomic mass is 10.1. The maximum Gasteiger partial charge on any atom is 0.191 e. The smallest absolute Gasteiger partial charge is 0.191 e. The largest absolute Gasteiger partial charge is 0.341 e. The Morgan fingerprint density at radius 1 is 1.17 bits per heavy atom. The van der Waals surface area contributed by atoms with E-state index in [-0.39, 0.29) is 5.84 Å². The van der Waals surface area contributed by atoms with Crippen LogP contribution in [-0.4, -0.2) is 33.6 Å². The topological polar surface area (TPSA) is 45.5 Å². The highest BCUT2D eigenvalue weighted by Gasteiger charge is 2.17. The van der Waals surface area contributed by atoms with Gasteiger partial charge in [-0.25, -0.2) is 14.1 Å². The summed E-state index contributed by atoms with van der Waals surface area (Å²) in [5, 5.41) is 7.71. The predicted molar refractivity (Wildman–Crippen MR) is 122 cm³/mol. The van der Waals surface area contributed by atoms with Crippen molar-refractivity contribution in [2.45, 2.75) is 53.5 Å². The van der Waals surface area contributed by atoms with Crippen LogP contribution < -0.4 is 5.32 Å². The Kier molecular flexibility index (Phi) is 7.21. The van der Waals surface area contributed by atoms with E-state index in [2.05, 4.69) is 33.0 Å². The molecule has 0 spiro atoms. The number of nitrogens with one attached hydrogen (secondary N) is 1. The minimum absolute atomic E-state index is 0.132. The van der Waals surface area contributed by atoms with Crippen LogP contribution in [0.15, 0.2) is 53.7 Å². The van der Waals surface area contributed by atoms with Gasteiger partial charge in [-0.2, -0.15) is 5.10 Å². The molecule has 30 heavy (non-hydrogen) atoms. The summed E-state index contributed by atoms with van der Waals surface area (Å²) >= 11 is 0. The zero-order chi connectivity index (χ0) is 21.7. The van der Waals surface area contributed by atoms with Gasteiger partial charge in [0.15, 0.2) is 11.7 Å². The molecule has 0 amide bonds. The second kappa shape index (κ2) is 9.85. The normalized spacial score (nSPS) is 16.0. The van der Waals surface area contributed by atoms with Crippen molar-refractivity contribution in [1.29, 1.82) is 0 Å². The van der Waals surface area contributed by atoms with E-state index in [0.29, 0.717) is 5.82 Å². The maximum atomic E-state index is 14.7. The zero-order valence-electron chi connectivity index (χ0n) is 18.5. The number of piperidine rings is 1. The van der Waals surface area contributed by atoms with E-state index in [1.807, 2.05) is 39.1 Å². The van der Waals surface area contributed by atoms with Crippen LogP contribution in [0.1, 0.15) is 48.6 Å². The van der Waals surface area contributed by atoms with Crippen LogP contribution in [0.25, 0.3) is 0 Å². The Balaban J connectivity index is 1.83. The number of aryl methyl sites for hydroxylation is 3. The number of likely N-dealkylation sites (tertiary alicyclic amines) is 1. The molecule has 3 rings (SSSR count). The Bertz CT molecular complexity index is 944. The summed E-state index contributed by atoms with van der Waals surface area (Å²) in [4.78, 5) is 6.86. The number of rotatable bonds is 6. The first-order chi connectivity index (χ1) is 14.4. The molecule has 2 heterocycles. The van der Waals surface area contributed by atoms with Crippen LogP contribution in [0.3, 0.4) is 0 Å². The molecule has 0 atom stereocenters. The minimum atomic E-state index is -0.439. The quantitative estimate of drug-likeness (QED) is 0.506. The van der Waals surface area contributed by atoms with Crippen molar-refractivity contribution in [2.24, 2.45) is 4.99 Å². The Morgan fingerprint density at radius 2 is 1.83 bits per heavy atom. The standard InChI is InChI=1S/C24H32FN5/c1-6-23(25)24(27-20(5)26-22-13-17(2)12-18(3)14-22)30-16-21(19(4)28-30)15-29-10-8-7-9-11-29/h6,12-14,16,26H,5,7-11,15H2,1-4H3/b23-6+,27-24+. The first-order valence-corrected chi connectivity index (χ1v) is 10.6. The first kappa shape index (κ1) is 22.0. The molecule has 0 bridgehead atoms. The highest BCUT2D eigenvalue weighted by Crippen LogP contribution is 2.18. The second-order valence-electron chi connectivity index (χ2n) is 8.04. The summed E-state index contributed by atoms with van der Waals surface area (Å²) in [5.41, 5.74) is 5.15. The lowest BCUT2D eigenvalue weighted by Gasteiger charge is -2.25. The van der Waals surface area contributed by atoms with Crippen LogP contribution in [0.2, 0.25) is 0 Å². The van der Waals surface area contributed by atoms with E-state index in [1.165, 1.54) is 30.0 Å². The van der Waals surface area contributed by atoms with E-state index in [0.717, 1.165) is 47.7 Å². The van der Waals surface area contributed by atoms with E-state index in [4.69, 9.17) is 0 Å². The minimum Gasteiger partial charge on any atom is -0.341 e. The van der Waals surface area contributed by atoms with Crippen molar-refractivity contribution in [1.82, 2.24) is 14.7 Å². The van der Waals surface area contributed by atoms with Crippen LogP contribution >= 0.6 is 0 Å². The van der Waals surface area contributed by atoms with Crippen molar-refractivity contribution in [3.8, 4) is 0 Å². The molecule has 1 aliphatic rings. The summed E-state index contributed by atoms with van der Waals surface area (Å²) in [6.45, 7) is 14.7. The van der Waals surface area contributed by atoms with Gasteiger partial charge >= 0.3 is 0 Å². The SMILES string of the molecule is C=C(/N=C(\C(F)=C/C)n1cc(CN2CCCCC2)c(C)n1)Nc1cc(C)cc(C)c1. The summed E-state index contributed by atoms with van der Waals surface area (Å²) in [6, 6.07) is 6.11. The van der Waals surface area contributed by atoms with Gasteiger partial charge in [0.05, 0.1) is 5.69 Å². The van der Waals surface area contributed by atoms with Gasteiger partial charge in [-0.3, -0.25) is 4.90 Å². The highest BCUT2D eigenvalue weighted by molar-refractivity contribution is 5.98. The molecule has 1 aliphatic heterocycles. The third-order valence-corrected chi connectivity index (χ3v) is 5.28. The van der Waals surface area contributed by atoms with Gasteiger partial charge in [0.2, 0.25) is 0 Å². The highest BCUT2D eigenvalue weighted by atomic mass is 19.1. The van der Waals surface area contributed by atoms with Crippen molar-refractivity contribution in [2.75, 3.05) is 18.4 Å². The Labute approximate surface area is 179 Å². The van der Waals surface area contributed by atoms with Crippen molar-refractivity contribution in [3.63, 3.8) is 0 Å². The Morgan fingerprint density at radius 3 is 2.47 bits per heavy atom. The second-order valence-corrected chi connectivity index (χ2v) is 8.04. The fraction of sp³-hybridized carbons (Fsp3) is 0.417. The van der Waals surface area contributed by atoms with Gasteiger partial charge in [-0.15, -0.1) is 0 Å². The third-order valence-electron chi connectivity index (χ3n) is 5.28. The number of hydrogen-bond donors (Lipinski definition) is 1. The molecule has 1 aromatic carbocycles. The maximum absolute atomic E-state index is 14.7. The zero-order valence-corrected chi connectivity index (χ0v) is 18.5. The molecule has 5 nitrogen and oxygen atoms in total. The molecule has 6 heteroatoms. The number of allylic oxidation sites excluding steroid dienone is 2. The third kappa shape index (κ3) is 5.66. The number of aromatic nitrogens is 2. The van der Waals surface area contributed by atoms with Gasteiger partial charge in [0, 0.05) is 24.0 Å². The fourth-order valence-electron chi connectivity index (χ4n) is 3.83. The van der Waals surface area contributed by atoms with Crippen molar-refractivity contribution >= 4 is 11.5 Å². The van der Waals surface area contributed by atoms with Crippen LogP contribution in [-0.2, 0) is 6.54 Å². The molecule has 0 unspecified atom stereocenters. The lowest BCUT2D eigenvalue weighted by Crippen LogP contribution is -2.29. The predicted octanol–water partition coefficient (Wildman–Crippen LogP) is 5.50. The Hall–Kier alpha value is -2.73. The number of nitrogens with zero attached hydrogens (tertiary/aromatic N) is 4. The van der Waals surface area contributed by atoms with Crippen molar-refractivity contribution < 1.29 is 4.39 Å². The summed E-state index contributed by atoms with van der Waals surface area (Å²) in [6.07, 6.45) is 7.04. The van der Waals surface area contributed by atoms with Crippen LogP contribution in [0.5, 0.6) is 0 Å². The van der Waals surface area contributed by atoms with Gasteiger partial charge in [-0.05, 0) is 83.0 Å². The molecular formula is C24H32FN5. The molecule has 2 aromatic rings. The number of halogens is 1. The van der Waals surface area contributed by atoms with E-state index < -0.39 is 5.83 Å². The van der Waals surface area contributed by atoms with Crippen molar-refractivity contribution in [3.05, 3.63) is 71.1 Å². The van der Waals surface area contributed by atoms with E-state index in [1.54, 1.807) is 6.92 Å². The number of benzene rings is 1. The molecule has 0 radical (unpaired) electrons.